The van der Waals surface area contributed by atoms with Crippen LogP contribution in [0.4, 0.5) is 10.1 Å². The number of hydrogen-bond donors (Lipinski definition) is 1. The van der Waals surface area contributed by atoms with Gasteiger partial charge in [-0.3, -0.25) is 14.5 Å². The molecule has 0 saturated heterocycles. The van der Waals surface area contributed by atoms with Crippen LogP contribution in [0.25, 0.3) is 0 Å². The van der Waals surface area contributed by atoms with Gasteiger partial charge in [-0.1, -0.05) is 11.6 Å². The number of aromatic hydroxyl groups is 1. The van der Waals surface area contributed by atoms with Crippen LogP contribution in [0.5, 0.6) is 17.2 Å². The van der Waals surface area contributed by atoms with Crippen molar-refractivity contribution in [2.45, 2.75) is 31.6 Å². The second-order valence-electron chi connectivity index (χ2n) is 7.50. The SMILES string of the molecule is COc1cc(C2CC(=O)N(c3ccc(F)c(Cl)c3)C3=C2C(=O)CCC3)cc(OC)c1O. The van der Waals surface area contributed by atoms with Crippen molar-refractivity contribution in [1.82, 2.24) is 0 Å². The van der Waals surface area contributed by atoms with Crippen molar-refractivity contribution in [2.24, 2.45) is 0 Å². The lowest BCUT2D eigenvalue weighted by Gasteiger charge is -2.38. The molecule has 0 spiro atoms. The van der Waals surface area contributed by atoms with Gasteiger partial charge in [-0.05, 0) is 48.7 Å². The minimum atomic E-state index is -0.579. The number of allylic oxidation sites excluding steroid dienone is 2. The largest absolute Gasteiger partial charge is 0.502 e. The molecule has 6 nitrogen and oxygen atoms in total. The standard InChI is InChI=1S/C23H21ClFNO5/c1-30-19-8-12(9-20(31-2)23(19)29)14-11-21(28)26(13-6-7-16(25)15(24)10-13)17-4-3-5-18(27)22(14)17/h6-10,14,29H,3-5,11H2,1-2H3. The lowest BCUT2D eigenvalue weighted by atomic mass is 9.77. The van der Waals surface area contributed by atoms with E-state index in [1.807, 2.05) is 0 Å². The topological polar surface area (TPSA) is 76.1 Å². The van der Waals surface area contributed by atoms with Crippen LogP contribution in [0.2, 0.25) is 5.02 Å². The van der Waals surface area contributed by atoms with Gasteiger partial charge in [0.05, 0.1) is 24.9 Å². The lowest BCUT2D eigenvalue weighted by molar-refractivity contribution is -0.119. The van der Waals surface area contributed by atoms with Crippen molar-refractivity contribution in [3.63, 3.8) is 0 Å². The number of ketones is 1. The van der Waals surface area contributed by atoms with Crippen molar-refractivity contribution in [3.8, 4) is 17.2 Å². The van der Waals surface area contributed by atoms with Crippen molar-refractivity contribution < 1.29 is 28.6 Å². The predicted octanol–water partition coefficient (Wildman–Crippen LogP) is 4.73. The highest BCUT2D eigenvalue weighted by molar-refractivity contribution is 6.31. The Hall–Kier alpha value is -3.06. The third-order valence-electron chi connectivity index (χ3n) is 5.74. The number of hydrogen-bond acceptors (Lipinski definition) is 5. The predicted molar refractivity (Wildman–Crippen MR) is 113 cm³/mol. The van der Waals surface area contributed by atoms with Gasteiger partial charge in [0, 0.05) is 30.0 Å². The van der Waals surface area contributed by atoms with E-state index in [-0.39, 0.29) is 40.4 Å². The van der Waals surface area contributed by atoms with E-state index < -0.39 is 11.7 Å². The minimum absolute atomic E-state index is 0.0245. The van der Waals surface area contributed by atoms with Crippen LogP contribution < -0.4 is 14.4 Å². The summed E-state index contributed by atoms with van der Waals surface area (Å²) in [7, 11) is 2.83. The molecule has 0 bridgehead atoms. The molecule has 2 aliphatic rings. The summed E-state index contributed by atoms with van der Waals surface area (Å²) in [6.45, 7) is 0. The Morgan fingerprint density at radius 3 is 2.39 bits per heavy atom. The molecular weight excluding hydrogens is 425 g/mol. The number of anilines is 1. The molecule has 0 radical (unpaired) electrons. The number of methoxy groups -OCH3 is 2. The molecular formula is C23H21ClFNO5. The Bertz CT molecular complexity index is 1090. The fourth-order valence-corrected chi connectivity index (χ4v) is 4.49. The number of halogens is 2. The van der Waals surface area contributed by atoms with Gasteiger partial charge in [-0.15, -0.1) is 0 Å². The molecule has 2 aromatic rings. The quantitative estimate of drug-likeness (QED) is 0.736. The van der Waals surface area contributed by atoms with Crippen LogP contribution in [0, 0.1) is 5.82 Å². The first-order chi connectivity index (χ1) is 14.8. The van der Waals surface area contributed by atoms with Crippen LogP contribution >= 0.6 is 11.6 Å². The van der Waals surface area contributed by atoms with E-state index in [9.17, 15) is 19.1 Å². The first-order valence-corrected chi connectivity index (χ1v) is 10.2. The summed E-state index contributed by atoms with van der Waals surface area (Å²) in [5.41, 5.74) is 2.21. The average Bonchev–Trinajstić information content (AvgIpc) is 2.75. The molecule has 0 fully saturated rings. The summed E-state index contributed by atoms with van der Waals surface area (Å²) >= 11 is 5.94. The molecule has 162 valence electrons. The molecule has 1 heterocycles. The summed E-state index contributed by atoms with van der Waals surface area (Å²) < 4.78 is 24.2. The maximum Gasteiger partial charge on any atom is 0.232 e. The summed E-state index contributed by atoms with van der Waals surface area (Å²) in [5.74, 6) is -1.12. The van der Waals surface area contributed by atoms with Crippen LogP contribution in [-0.2, 0) is 9.59 Å². The van der Waals surface area contributed by atoms with E-state index in [0.717, 1.165) is 0 Å². The molecule has 31 heavy (non-hydrogen) atoms. The van der Waals surface area contributed by atoms with Gasteiger partial charge in [0.15, 0.2) is 17.3 Å². The van der Waals surface area contributed by atoms with Crippen LogP contribution in [0.3, 0.4) is 0 Å². The number of phenols is 1. The Labute approximate surface area is 183 Å². The summed E-state index contributed by atoms with van der Waals surface area (Å²) in [6, 6.07) is 7.32. The normalized spacial score (nSPS) is 18.8. The maximum atomic E-state index is 13.7. The highest BCUT2D eigenvalue weighted by atomic mass is 35.5. The van der Waals surface area contributed by atoms with Gasteiger partial charge in [0.1, 0.15) is 5.82 Å². The van der Waals surface area contributed by atoms with E-state index in [0.29, 0.717) is 41.8 Å². The summed E-state index contributed by atoms with van der Waals surface area (Å²) in [5, 5.41) is 10.1. The van der Waals surface area contributed by atoms with Gasteiger partial charge in [-0.25, -0.2) is 4.39 Å². The first-order valence-electron chi connectivity index (χ1n) is 9.84. The molecule has 1 atom stereocenters. The van der Waals surface area contributed by atoms with Crippen molar-refractivity contribution >= 4 is 29.0 Å². The Balaban J connectivity index is 1.88. The monoisotopic (exact) mass is 445 g/mol. The molecule has 0 saturated carbocycles. The van der Waals surface area contributed by atoms with Gasteiger partial charge in [0.25, 0.3) is 0 Å². The highest BCUT2D eigenvalue weighted by Crippen LogP contribution is 2.47. The number of carbonyl (C=O) groups excluding carboxylic acids is 2. The fourth-order valence-electron chi connectivity index (χ4n) is 4.32. The summed E-state index contributed by atoms with van der Waals surface area (Å²) in [6.07, 6.45) is 1.56. The number of phenolic OH excluding ortho intramolecular Hbond substituents is 1. The number of nitrogens with zero attached hydrogens (tertiary/aromatic N) is 1. The number of carbonyl (C=O) groups is 2. The van der Waals surface area contributed by atoms with E-state index in [1.54, 1.807) is 12.1 Å². The molecule has 1 unspecified atom stereocenters. The Morgan fingerprint density at radius 1 is 1.10 bits per heavy atom. The minimum Gasteiger partial charge on any atom is -0.502 e. The van der Waals surface area contributed by atoms with Crippen molar-refractivity contribution in [2.75, 3.05) is 19.1 Å². The van der Waals surface area contributed by atoms with E-state index >= 15 is 0 Å². The third kappa shape index (κ3) is 3.63. The number of rotatable bonds is 4. The zero-order valence-electron chi connectivity index (χ0n) is 17.1. The first kappa shape index (κ1) is 21.2. The van der Waals surface area contributed by atoms with Gasteiger partial charge < -0.3 is 14.6 Å². The average molecular weight is 446 g/mol. The molecule has 1 aliphatic carbocycles. The number of benzene rings is 2. The molecule has 1 aliphatic heterocycles. The second kappa shape index (κ2) is 8.23. The third-order valence-corrected chi connectivity index (χ3v) is 6.03. The van der Waals surface area contributed by atoms with E-state index in [4.69, 9.17) is 21.1 Å². The van der Waals surface area contributed by atoms with Gasteiger partial charge in [0.2, 0.25) is 11.7 Å². The van der Waals surface area contributed by atoms with E-state index in [2.05, 4.69) is 0 Å². The number of amides is 1. The molecule has 1 N–H and O–H groups in total. The highest BCUT2D eigenvalue weighted by Gasteiger charge is 2.40. The van der Waals surface area contributed by atoms with Crippen LogP contribution in [0.15, 0.2) is 41.6 Å². The van der Waals surface area contributed by atoms with Crippen LogP contribution in [-0.4, -0.2) is 31.0 Å². The molecule has 1 amide bonds. The number of ether oxygens (including phenoxy) is 2. The summed E-state index contributed by atoms with van der Waals surface area (Å²) in [4.78, 5) is 27.7. The molecule has 0 aromatic heterocycles. The number of Topliss-reactive ketones (excluding diaryl/α,β-unsaturated/α-hetero) is 1. The fraction of sp³-hybridized carbons (Fsp3) is 0.304. The van der Waals surface area contributed by atoms with Crippen LogP contribution in [0.1, 0.15) is 37.2 Å². The lowest BCUT2D eigenvalue weighted by Crippen LogP contribution is -2.40. The van der Waals surface area contributed by atoms with Gasteiger partial charge in [-0.2, -0.15) is 0 Å². The maximum absolute atomic E-state index is 13.7. The van der Waals surface area contributed by atoms with Crippen molar-refractivity contribution in [3.05, 3.63) is 58.0 Å². The zero-order valence-corrected chi connectivity index (χ0v) is 17.8. The van der Waals surface area contributed by atoms with Gasteiger partial charge >= 0.3 is 0 Å². The smallest absolute Gasteiger partial charge is 0.232 e. The zero-order chi connectivity index (χ0) is 22.3. The van der Waals surface area contributed by atoms with E-state index in [1.165, 1.54) is 37.3 Å². The molecule has 4 rings (SSSR count). The Kier molecular flexibility index (Phi) is 5.62. The second-order valence-corrected chi connectivity index (χ2v) is 7.90. The molecule has 8 heteroatoms. The van der Waals surface area contributed by atoms with Crippen molar-refractivity contribution in [1.29, 1.82) is 0 Å². The Morgan fingerprint density at radius 2 is 1.77 bits per heavy atom. The molecule has 2 aromatic carbocycles.